The summed E-state index contributed by atoms with van der Waals surface area (Å²) >= 11 is 0. The first-order chi connectivity index (χ1) is 9.97. The number of hydrogen-bond acceptors (Lipinski definition) is 5. The van der Waals surface area contributed by atoms with Crippen molar-refractivity contribution in [2.75, 3.05) is 0 Å². The highest BCUT2D eigenvalue weighted by molar-refractivity contribution is 7.89. The number of aliphatic hydroxyl groups excluding tert-OH is 1. The Bertz CT molecular complexity index is 725. The van der Waals surface area contributed by atoms with Gasteiger partial charge in [0.05, 0.1) is 18.0 Å². The van der Waals surface area contributed by atoms with Crippen molar-refractivity contribution in [3.8, 4) is 0 Å². The molecule has 0 radical (unpaired) electrons. The second kappa shape index (κ2) is 6.33. The van der Waals surface area contributed by atoms with Crippen molar-refractivity contribution >= 4 is 10.0 Å². The van der Waals surface area contributed by atoms with Gasteiger partial charge in [0.15, 0.2) is 0 Å². The van der Waals surface area contributed by atoms with Crippen LogP contribution in [0.1, 0.15) is 23.9 Å². The van der Waals surface area contributed by atoms with Gasteiger partial charge in [0.1, 0.15) is 12.2 Å². The van der Waals surface area contributed by atoms with E-state index >= 15 is 0 Å². The van der Waals surface area contributed by atoms with Crippen LogP contribution in [0.4, 0.5) is 0 Å². The van der Waals surface area contributed by atoms with Crippen LogP contribution >= 0.6 is 0 Å². The minimum Gasteiger partial charge on any atom is -0.392 e. The smallest absolute Gasteiger partial charge is 0.241 e. The zero-order valence-corrected chi connectivity index (χ0v) is 12.8. The van der Waals surface area contributed by atoms with Crippen molar-refractivity contribution in [1.29, 1.82) is 0 Å². The van der Waals surface area contributed by atoms with E-state index in [0.717, 1.165) is 0 Å². The van der Waals surface area contributed by atoms with Gasteiger partial charge >= 0.3 is 0 Å². The second-order valence-electron chi connectivity index (χ2n) is 4.64. The summed E-state index contributed by atoms with van der Waals surface area (Å²) < 4.78 is 29.0. The molecule has 8 heteroatoms. The minimum absolute atomic E-state index is 0.0609. The summed E-state index contributed by atoms with van der Waals surface area (Å²) in [6.45, 7) is 1.75. The molecule has 21 heavy (non-hydrogen) atoms. The standard InChI is InChI=1S/C13H18N4O3S/c1-3-11-5-4-10(8-18)6-12(11)21(19,20)15-7-13-16-14-9-17(13)2/h4-6,9,15,18H,3,7-8H2,1-2H3. The molecule has 0 unspecified atom stereocenters. The van der Waals surface area contributed by atoms with E-state index in [0.29, 0.717) is 23.4 Å². The fourth-order valence-corrected chi connectivity index (χ4v) is 3.28. The van der Waals surface area contributed by atoms with Gasteiger partial charge in [0.2, 0.25) is 10.0 Å². The Labute approximate surface area is 123 Å². The molecule has 0 aliphatic carbocycles. The van der Waals surface area contributed by atoms with E-state index in [2.05, 4.69) is 14.9 Å². The number of aryl methyl sites for hydroxylation is 2. The van der Waals surface area contributed by atoms with Crippen molar-refractivity contribution in [3.05, 3.63) is 41.5 Å². The largest absolute Gasteiger partial charge is 0.392 e. The molecule has 0 aliphatic rings. The lowest BCUT2D eigenvalue weighted by Gasteiger charge is -2.11. The van der Waals surface area contributed by atoms with Crippen molar-refractivity contribution in [1.82, 2.24) is 19.5 Å². The number of sulfonamides is 1. The molecule has 1 aromatic carbocycles. The molecule has 0 amide bonds. The third-order valence-electron chi connectivity index (χ3n) is 3.21. The van der Waals surface area contributed by atoms with Crippen molar-refractivity contribution in [3.63, 3.8) is 0 Å². The van der Waals surface area contributed by atoms with Crippen LogP contribution in [-0.4, -0.2) is 28.3 Å². The lowest BCUT2D eigenvalue weighted by Crippen LogP contribution is -2.26. The highest BCUT2D eigenvalue weighted by atomic mass is 32.2. The summed E-state index contributed by atoms with van der Waals surface area (Å²) in [5, 5.41) is 16.7. The van der Waals surface area contributed by atoms with Gasteiger partial charge in [-0.05, 0) is 23.6 Å². The normalized spacial score (nSPS) is 11.8. The Morgan fingerprint density at radius 1 is 1.38 bits per heavy atom. The molecule has 0 saturated heterocycles. The number of benzene rings is 1. The summed E-state index contributed by atoms with van der Waals surface area (Å²) in [6, 6.07) is 4.95. The molecule has 1 heterocycles. The molecule has 2 rings (SSSR count). The van der Waals surface area contributed by atoms with Gasteiger partial charge in [-0.15, -0.1) is 10.2 Å². The molecule has 2 aromatic rings. The number of nitrogens with one attached hydrogen (secondary N) is 1. The van der Waals surface area contributed by atoms with Gasteiger partial charge in [-0.2, -0.15) is 0 Å². The van der Waals surface area contributed by atoms with E-state index < -0.39 is 10.0 Å². The monoisotopic (exact) mass is 310 g/mol. The average molecular weight is 310 g/mol. The van der Waals surface area contributed by atoms with Crippen LogP contribution in [0.25, 0.3) is 0 Å². The third kappa shape index (κ3) is 3.46. The molecule has 1 aromatic heterocycles. The second-order valence-corrected chi connectivity index (χ2v) is 6.37. The van der Waals surface area contributed by atoms with Crippen LogP contribution < -0.4 is 4.72 Å². The Balaban J connectivity index is 2.28. The van der Waals surface area contributed by atoms with E-state index in [1.807, 2.05) is 6.92 Å². The van der Waals surface area contributed by atoms with Gasteiger partial charge in [0, 0.05) is 7.05 Å². The summed E-state index contributed by atoms with van der Waals surface area (Å²) in [4.78, 5) is 0.193. The third-order valence-corrected chi connectivity index (χ3v) is 4.69. The molecular formula is C13H18N4O3S. The zero-order chi connectivity index (χ0) is 15.5. The molecule has 0 saturated carbocycles. The fourth-order valence-electron chi connectivity index (χ4n) is 1.94. The molecule has 2 N–H and O–H groups in total. The summed E-state index contributed by atoms with van der Waals surface area (Å²) in [5.41, 5.74) is 1.27. The molecule has 7 nitrogen and oxygen atoms in total. The Morgan fingerprint density at radius 3 is 2.71 bits per heavy atom. The maximum absolute atomic E-state index is 12.4. The molecule has 0 fully saturated rings. The zero-order valence-electron chi connectivity index (χ0n) is 11.9. The Hall–Kier alpha value is -1.77. The van der Waals surface area contributed by atoms with Crippen LogP contribution in [0.15, 0.2) is 29.4 Å². The van der Waals surface area contributed by atoms with Crippen molar-refractivity contribution in [2.24, 2.45) is 7.05 Å². The van der Waals surface area contributed by atoms with Crippen LogP contribution in [0, 0.1) is 0 Å². The van der Waals surface area contributed by atoms with Crippen LogP contribution in [-0.2, 0) is 36.6 Å². The number of aliphatic hydroxyl groups is 1. The van der Waals surface area contributed by atoms with Crippen molar-refractivity contribution < 1.29 is 13.5 Å². The first-order valence-corrected chi connectivity index (χ1v) is 8.01. The first kappa shape index (κ1) is 15.6. The number of aromatic nitrogens is 3. The molecule has 0 aliphatic heterocycles. The predicted octanol–water partition coefficient (Wildman–Crippen LogP) is 0.348. The van der Waals surface area contributed by atoms with E-state index in [1.54, 1.807) is 23.7 Å². The maximum Gasteiger partial charge on any atom is 0.241 e. The molecule has 0 atom stereocenters. The number of rotatable bonds is 6. The summed E-state index contributed by atoms with van der Waals surface area (Å²) in [7, 11) is -1.93. The van der Waals surface area contributed by atoms with Crippen LogP contribution in [0.3, 0.4) is 0 Å². The molecular weight excluding hydrogens is 292 g/mol. The van der Waals surface area contributed by atoms with E-state index in [-0.39, 0.29) is 18.0 Å². The maximum atomic E-state index is 12.4. The van der Waals surface area contributed by atoms with E-state index in [9.17, 15) is 13.5 Å². The Morgan fingerprint density at radius 2 is 2.14 bits per heavy atom. The highest BCUT2D eigenvalue weighted by Crippen LogP contribution is 2.19. The summed E-state index contributed by atoms with van der Waals surface area (Å²) in [6.07, 6.45) is 2.10. The highest BCUT2D eigenvalue weighted by Gasteiger charge is 2.19. The van der Waals surface area contributed by atoms with Crippen molar-refractivity contribution in [2.45, 2.75) is 31.4 Å². The first-order valence-electron chi connectivity index (χ1n) is 6.53. The molecule has 0 bridgehead atoms. The van der Waals surface area contributed by atoms with Gasteiger partial charge in [-0.1, -0.05) is 19.1 Å². The van der Waals surface area contributed by atoms with Gasteiger partial charge in [0.25, 0.3) is 0 Å². The van der Waals surface area contributed by atoms with Gasteiger partial charge in [-0.25, -0.2) is 13.1 Å². The number of hydrogen-bond donors (Lipinski definition) is 2. The molecule has 0 spiro atoms. The van der Waals surface area contributed by atoms with Crippen LogP contribution in [0.2, 0.25) is 0 Å². The summed E-state index contributed by atoms with van der Waals surface area (Å²) in [5.74, 6) is 0.523. The lowest BCUT2D eigenvalue weighted by molar-refractivity contribution is 0.281. The number of nitrogens with zero attached hydrogens (tertiary/aromatic N) is 3. The quantitative estimate of drug-likeness (QED) is 0.802. The van der Waals surface area contributed by atoms with Gasteiger partial charge < -0.3 is 9.67 Å². The van der Waals surface area contributed by atoms with E-state index in [1.165, 1.54) is 12.4 Å². The van der Waals surface area contributed by atoms with Crippen LogP contribution in [0.5, 0.6) is 0 Å². The topological polar surface area (TPSA) is 97.1 Å². The SMILES string of the molecule is CCc1ccc(CO)cc1S(=O)(=O)NCc1nncn1C. The van der Waals surface area contributed by atoms with Gasteiger partial charge in [-0.3, -0.25) is 0 Å². The average Bonchev–Trinajstić information content (AvgIpc) is 2.90. The lowest BCUT2D eigenvalue weighted by atomic mass is 10.1. The van der Waals surface area contributed by atoms with E-state index in [4.69, 9.17) is 0 Å². The Kier molecular flexibility index (Phi) is 4.71. The molecule has 114 valence electrons. The minimum atomic E-state index is -3.67. The fraction of sp³-hybridized carbons (Fsp3) is 0.385. The predicted molar refractivity (Wildman–Crippen MR) is 76.8 cm³/mol.